The van der Waals surface area contributed by atoms with Crippen LogP contribution in [0.15, 0.2) is 18.2 Å². The second-order valence-electron chi connectivity index (χ2n) is 4.65. The average molecular weight is 313 g/mol. The minimum absolute atomic E-state index is 0.0981. The van der Waals surface area contributed by atoms with Crippen molar-refractivity contribution in [3.63, 3.8) is 0 Å². The Balaban J connectivity index is 2.48. The highest BCUT2D eigenvalue weighted by Gasteiger charge is 2.39. The van der Waals surface area contributed by atoms with Gasteiger partial charge in [-0.3, -0.25) is 4.79 Å². The van der Waals surface area contributed by atoms with Gasteiger partial charge in [0.25, 0.3) is 0 Å². The molecule has 0 bridgehead atoms. The Bertz CT molecular complexity index is 701. The van der Waals surface area contributed by atoms with Gasteiger partial charge in [-0.1, -0.05) is 6.07 Å². The van der Waals surface area contributed by atoms with Crippen LogP contribution < -0.4 is 15.8 Å². The van der Waals surface area contributed by atoms with Crippen LogP contribution in [0.25, 0.3) is 0 Å². The van der Waals surface area contributed by atoms with Gasteiger partial charge in [0.15, 0.2) is 0 Å². The van der Waals surface area contributed by atoms with Crippen molar-refractivity contribution in [1.82, 2.24) is 0 Å². The molecule has 1 aliphatic rings. The zero-order chi connectivity index (χ0) is 15.8. The Morgan fingerprint density at radius 2 is 2.10 bits per heavy atom. The molecule has 4 N–H and O–H groups in total. The molecule has 0 radical (unpaired) electrons. The molecule has 1 aliphatic heterocycles. The van der Waals surface area contributed by atoms with Crippen molar-refractivity contribution in [3.8, 4) is 0 Å². The molecule has 0 spiro atoms. The maximum atomic E-state index is 12.0. The smallest absolute Gasteiger partial charge is 0.340 e. The molecule has 0 aliphatic carbocycles. The first-order valence-electron chi connectivity index (χ1n) is 6.04. The SMILES string of the molecule is COC(=O)c1cccc(N)c1N1CC(S(N)(=O)=O)CC1=O. The summed E-state index contributed by atoms with van der Waals surface area (Å²) >= 11 is 0. The average Bonchev–Trinajstić information content (AvgIpc) is 2.79. The molecule has 0 aromatic heterocycles. The van der Waals surface area contributed by atoms with Gasteiger partial charge in [-0.05, 0) is 12.1 Å². The summed E-state index contributed by atoms with van der Waals surface area (Å²) < 4.78 is 27.4. The molecule has 2 rings (SSSR count). The Morgan fingerprint density at radius 1 is 1.43 bits per heavy atom. The zero-order valence-electron chi connectivity index (χ0n) is 11.3. The van der Waals surface area contributed by atoms with Crippen LogP contribution in [-0.2, 0) is 19.6 Å². The Hall–Kier alpha value is -2.13. The molecule has 8 nitrogen and oxygen atoms in total. The van der Waals surface area contributed by atoms with Gasteiger partial charge in [0.2, 0.25) is 15.9 Å². The van der Waals surface area contributed by atoms with Crippen molar-refractivity contribution < 1.29 is 22.7 Å². The number of primary sulfonamides is 1. The number of amides is 1. The van der Waals surface area contributed by atoms with E-state index in [-0.39, 0.29) is 29.9 Å². The van der Waals surface area contributed by atoms with Gasteiger partial charge >= 0.3 is 5.97 Å². The topological polar surface area (TPSA) is 133 Å². The quantitative estimate of drug-likeness (QED) is 0.568. The van der Waals surface area contributed by atoms with E-state index in [9.17, 15) is 18.0 Å². The number of hydrogen-bond acceptors (Lipinski definition) is 6. The minimum atomic E-state index is -3.85. The lowest BCUT2D eigenvalue weighted by Crippen LogP contribution is -2.33. The summed E-state index contributed by atoms with van der Waals surface area (Å²) in [6.45, 7) is -0.143. The number of rotatable bonds is 3. The molecular weight excluding hydrogens is 298 g/mol. The van der Waals surface area contributed by atoms with E-state index in [1.807, 2.05) is 0 Å². The van der Waals surface area contributed by atoms with Crippen molar-refractivity contribution in [2.45, 2.75) is 11.7 Å². The molecule has 1 atom stereocenters. The van der Waals surface area contributed by atoms with Gasteiger partial charge in [0.05, 0.1) is 24.0 Å². The third kappa shape index (κ3) is 2.83. The first-order valence-corrected chi connectivity index (χ1v) is 7.65. The first-order chi connectivity index (χ1) is 9.75. The Kier molecular flexibility index (Phi) is 3.88. The van der Waals surface area contributed by atoms with Gasteiger partial charge in [-0.25, -0.2) is 18.4 Å². The molecule has 1 fully saturated rings. The summed E-state index contributed by atoms with van der Waals surface area (Å²) in [5.41, 5.74) is 6.26. The summed E-state index contributed by atoms with van der Waals surface area (Å²) in [5.74, 6) is -1.12. The predicted octanol–water partition coefficient (Wildman–Crippen LogP) is -0.551. The fourth-order valence-electron chi connectivity index (χ4n) is 2.25. The molecule has 21 heavy (non-hydrogen) atoms. The standard InChI is InChI=1S/C12H15N3O5S/c1-20-12(17)8-3-2-4-9(13)11(8)15-6-7(5-10(15)16)21(14,18)19/h2-4,7H,5-6,13H2,1H3,(H2,14,18,19). The lowest BCUT2D eigenvalue weighted by Gasteiger charge is -2.21. The first kappa shape index (κ1) is 15.3. The Labute approximate surface area is 121 Å². The highest BCUT2D eigenvalue weighted by Crippen LogP contribution is 2.33. The summed E-state index contributed by atoms with van der Waals surface area (Å²) in [7, 11) is -2.64. The van der Waals surface area contributed by atoms with E-state index in [2.05, 4.69) is 4.74 Å². The van der Waals surface area contributed by atoms with Crippen LogP contribution in [0.3, 0.4) is 0 Å². The molecule has 1 unspecified atom stereocenters. The number of carbonyl (C=O) groups is 2. The van der Waals surface area contributed by atoms with Gasteiger partial charge in [-0.15, -0.1) is 0 Å². The number of esters is 1. The number of anilines is 2. The molecule has 1 heterocycles. The number of nitrogens with two attached hydrogens (primary N) is 2. The van der Waals surface area contributed by atoms with Gasteiger partial charge in [0.1, 0.15) is 5.25 Å². The van der Waals surface area contributed by atoms with E-state index in [1.165, 1.54) is 19.2 Å². The zero-order valence-corrected chi connectivity index (χ0v) is 12.1. The highest BCUT2D eigenvalue weighted by atomic mass is 32.2. The molecule has 114 valence electrons. The lowest BCUT2D eigenvalue weighted by atomic mass is 10.1. The number of nitrogens with zero attached hydrogens (tertiary/aromatic N) is 1. The van der Waals surface area contributed by atoms with Crippen LogP contribution in [0.1, 0.15) is 16.8 Å². The Morgan fingerprint density at radius 3 is 2.62 bits per heavy atom. The van der Waals surface area contributed by atoms with Crippen LogP contribution in [0.2, 0.25) is 0 Å². The fourth-order valence-corrected chi connectivity index (χ4v) is 2.98. The summed E-state index contributed by atoms with van der Waals surface area (Å²) in [5, 5.41) is 4.06. The molecule has 1 aromatic carbocycles. The van der Waals surface area contributed by atoms with E-state index >= 15 is 0 Å². The number of hydrogen-bond donors (Lipinski definition) is 2. The summed E-state index contributed by atoms with van der Waals surface area (Å²) in [6.07, 6.45) is -0.242. The molecular formula is C12H15N3O5S. The minimum Gasteiger partial charge on any atom is -0.465 e. The van der Waals surface area contributed by atoms with Gasteiger partial charge < -0.3 is 15.4 Å². The van der Waals surface area contributed by atoms with Crippen molar-refractivity contribution in [2.24, 2.45) is 5.14 Å². The summed E-state index contributed by atoms with van der Waals surface area (Å²) in [6, 6.07) is 4.51. The number of sulfonamides is 1. The number of ether oxygens (including phenoxy) is 1. The number of para-hydroxylation sites is 1. The molecule has 1 amide bonds. The number of carbonyl (C=O) groups excluding carboxylic acids is 2. The fraction of sp³-hybridized carbons (Fsp3) is 0.333. The maximum absolute atomic E-state index is 12.0. The lowest BCUT2D eigenvalue weighted by molar-refractivity contribution is -0.117. The highest BCUT2D eigenvalue weighted by molar-refractivity contribution is 7.89. The van der Waals surface area contributed by atoms with E-state index in [1.54, 1.807) is 6.07 Å². The number of methoxy groups -OCH3 is 1. The van der Waals surface area contributed by atoms with Crippen molar-refractivity contribution in [3.05, 3.63) is 23.8 Å². The van der Waals surface area contributed by atoms with E-state index < -0.39 is 27.1 Å². The number of nitrogen functional groups attached to an aromatic ring is 1. The normalized spacial score (nSPS) is 18.9. The van der Waals surface area contributed by atoms with Crippen molar-refractivity contribution in [1.29, 1.82) is 0 Å². The van der Waals surface area contributed by atoms with Crippen LogP contribution in [-0.4, -0.2) is 39.2 Å². The van der Waals surface area contributed by atoms with E-state index in [0.717, 1.165) is 4.90 Å². The van der Waals surface area contributed by atoms with Crippen LogP contribution >= 0.6 is 0 Å². The number of benzene rings is 1. The van der Waals surface area contributed by atoms with Crippen molar-refractivity contribution in [2.75, 3.05) is 24.3 Å². The van der Waals surface area contributed by atoms with Crippen molar-refractivity contribution >= 4 is 33.3 Å². The van der Waals surface area contributed by atoms with Gasteiger partial charge in [0, 0.05) is 13.0 Å². The summed E-state index contributed by atoms with van der Waals surface area (Å²) in [4.78, 5) is 25.0. The second kappa shape index (κ2) is 5.34. The predicted molar refractivity (Wildman–Crippen MR) is 76.1 cm³/mol. The largest absolute Gasteiger partial charge is 0.465 e. The monoisotopic (exact) mass is 313 g/mol. The maximum Gasteiger partial charge on any atom is 0.340 e. The van der Waals surface area contributed by atoms with E-state index in [4.69, 9.17) is 10.9 Å². The molecule has 1 aromatic rings. The molecule has 0 saturated carbocycles. The molecule has 1 saturated heterocycles. The van der Waals surface area contributed by atoms with Crippen LogP contribution in [0.5, 0.6) is 0 Å². The third-order valence-electron chi connectivity index (χ3n) is 3.30. The third-order valence-corrected chi connectivity index (χ3v) is 4.54. The van der Waals surface area contributed by atoms with E-state index in [0.29, 0.717) is 0 Å². The van der Waals surface area contributed by atoms with Crippen LogP contribution in [0.4, 0.5) is 11.4 Å². The van der Waals surface area contributed by atoms with Gasteiger partial charge in [-0.2, -0.15) is 0 Å². The van der Waals surface area contributed by atoms with Crippen LogP contribution in [0, 0.1) is 0 Å². The second-order valence-corrected chi connectivity index (χ2v) is 6.50. The molecule has 9 heteroatoms.